The maximum Gasteiger partial charge on any atom is 0.206 e. The molecule has 0 aliphatic carbocycles. The van der Waals surface area contributed by atoms with E-state index in [9.17, 15) is 9.60 Å². The van der Waals surface area contributed by atoms with Crippen molar-refractivity contribution in [3.8, 4) is 0 Å². The third-order valence-corrected chi connectivity index (χ3v) is 2.45. The summed E-state index contributed by atoms with van der Waals surface area (Å²) >= 11 is 0. The number of halogens is 1. The average Bonchev–Trinajstić information content (AvgIpc) is 2.38. The Morgan fingerprint density at radius 2 is 2.06 bits per heavy atom. The number of oxime groups is 1. The molecule has 0 aliphatic rings. The van der Waals surface area contributed by atoms with Crippen LogP contribution in [0.5, 0.6) is 0 Å². The van der Waals surface area contributed by atoms with Crippen LogP contribution in [0.3, 0.4) is 0 Å². The second-order valence-electron chi connectivity index (χ2n) is 3.70. The lowest BCUT2D eigenvalue weighted by Gasteiger charge is -2.13. The quantitative estimate of drug-likeness (QED) is 0.293. The van der Waals surface area contributed by atoms with Crippen molar-refractivity contribution in [3.63, 3.8) is 0 Å². The second-order valence-corrected chi connectivity index (χ2v) is 3.70. The SMILES string of the molecule is C/C=C/C=[N+](\[O-])[C@@H](C)/C(=N\O)c1ccc(F)cc1. The number of hydrogen-bond donors (Lipinski definition) is 1. The minimum atomic E-state index is -0.670. The van der Waals surface area contributed by atoms with Gasteiger partial charge >= 0.3 is 0 Å². The molecule has 1 atom stereocenters. The summed E-state index contributed by atoms with van der Waals surface area (Å²) in [5.74, 6) is -0.386. The monoisotopic (exact) mass is 250 g/mol. The molecular weight excluding hydrogens is 235 g/mol. The van der Waals surface area contributed by atoms with E-state index in [-0.39, 0.29) is 11.5 Å². The van der Waals surface area contributed by atoms with Gasteiger partial charge < -0.3 is 10.4 Å². The smallest absolute Gasteiger partial charge is 0.206 e. The Hall–Kier alpha value is -2.17. The van der Waals surface area contributed by atoms with Gasteiger partial charge in [-0.3, -0.25) is 0 Å². The number of hydrogen-bond acceptors (Lipinski definition) is 3. The fourth-order valence-corrected chi connectivity index (χ4v) is 1.42. The standard InChI is InChI=1S/C13H15FN2O2/c1-3-4-9-16(18)10(2)13(15-17)11-5-7-12(14)8-6-11/h3-10,17H,1-2H3/b4-3+,15-13+,16-9-/t10-/m0/s1. The molecule has 0 spiro atoms. The van der Waals surface area contributed by atoms with E-state index in [2.05, 4.69) is 5.16 Å². The Kier molecular flexibility index (Phi) is 5.05. The molecule has 0 saturated heterocycles. The van der Waals surface area contributed by atoms with Gasteiger partial charge in [-0.25, -0.2) is 9.13 Å². The highest BCUT2D eigenvalue weighted by molar-refractivity contribution is 6.03. The van der Waals surface area contributed by atoms with E-state index in [1.807, 2.05) is 0 Å². The van der Waals surface area contributed by atoms with E-state index in [0.29, 0.717) is 10.3 Å². The molecule has 0 heterocycles. The first-order valence-corrected chi connectivity index (χ1v) is 5.49. The summed E-state index contributed by atoms with van der Waals surface area (Å²) in [6.07, 6.45) is 4.63. The van der Waals surface area contributed by atoms with E-state index in [4.69, 9.17) is 5.21 Å². The second kappa shape index (κ2) is 6.54. The van der Waals surface area contributed by atoms with Crippen molar-refractivity contribution in [1.29, 1.82) is 0 Å². The van der Waals surface area contributed by atoms with Crippen molar-refractivity contribution >= 4 is 11.9 Å². The van der Waals surface area contributed by atoms with Gasteiger partial charge in [0.15, 0.2) is 11.9 Å². The summed E-state index contributed by atoms with van der Waals surface area (Å²) in [6.45, 7) is 3.39. The van der Waals surface area contributed by atoms with Crippen molar-refractivity contribution in [1.82, 2.24) is 0 Å². The molecule has 0 unspecified atom stereocenters. The Balaban J connectivity index is 3.01. The molecular formula is C13H15FN2O2. The van der Waals surface area contributed by atoms with Crippen LogP contribution in [-0.2, 0) is 0 Å². The zero-order valence-electron chi connectivity index (χ0n) is 10.2. The predicted molar refractivity (Wildman–Crippen MR) is 68.7 cm³/mol. The minimum Gasteiger partial charge on any atom is -0.623 e. The summed E-state index contributed by atoms with van der Waals surface area (Å²) in [6, 6.07) is 4.75. The highest BCUT2D eigenvalue weighted by Gasteiger charge is 2.20. The lowest BCUT2D eigenvalue weighted by molar-refractivity contribution is -0.471. The highest BCUT2D eigenvalue weighted by atomic mass is 19.1. The number of rotatable bonds is 4. The van der Waals surface area contributed by atoms with Crippen molar-refractivity contribution in [2.75, 3.05) is 0 Å². The van der Waals surface area contributed by atoms with Crippen molar-refractivity contribution in [2.24, 2.45) is 5.16 Å². The summed E-state index contributed by atoms with van der Waals surface area (Å²) in [5.41, 5.74) is 0.687. The molecule has 5 heteroatoms. The van der Waals surface area contributed by atoms with Crippen LogP contribution in [0.15, 0.2) is 41.6 Å². The van der Waals surface area contributed by atoms with Gasteiger partial charge in [0.05, 0.1) is 0 Å². The van der Waals surface area contributed by atoms with Gasteiger partial charge in [-0.2, -0.15) is 0 Å². The first-order valence-electron chi connectivity index (χ1n) is 5.49. The number of benzene rings is 1. The molecule has 1 N–H and O–H groups in total. The number of hydroxylamine groups is 1. The Labute approximate surface area is 105 Å². The maximum atomic E-state index is 12.8. The fraction of sp³-hybridized carbons (Fsp3) is 0.231. The van der Waals surface area contributed by atoms with Crippen LogP contribution in [0.4, 0.5) is 4.39 Å². The van der Waals surface area contributed by atoms with Gasteiger partial charge in [-0.15, -0.1) is 0 Å². The average molecular weight is 250 g/mol. The molecule has 1 aromatic carbocycles. The molecule has 0 saturated carbocycles. The van der Waals surface area contributed by atoms with Crippen LogP contribution >= 0.6 is 0 Å². The first kappa shape index (κ1) is 13.9. The van der Waals surface area contributed by atoms with Crippen molar-refractivity contribution in [2.45, 2.75) is 19.9 Å². The van der Waals surface area contributed by atoms with E-state index < -0.39 is 6.04 Å². The fourth-order valence-electron chi connectivity index (χ4n) is 1.42. The molecule has 0 fully saturated rings. The molecule has 0 aromatic heterocycles. The molecule has 4 nitrogen and oxygen atoms in total. The van der Waals surface area contributed by atoms with Crippen LogP contribution in [0.2, 0.25) is 0 Å². The predicted octanol–water partition coefficient (Wildman–Crippen LogP) is 2.55. The summed E-state index contributed by atoms with van der Waals surface area (Å²) in [7, 11) is 0. The van der Waals surface area contributed by atoms with E-state index >= 15 is 0 Å². The summed E-state index contributed by atoms with van der Waals surface area (Å²) in [5, 5.41) is 23.8. The van der Waals surface area contributed by atoms with E-state index in [1.165, 1.54) is 30.5 Å². The Morgan fingerprint density at radius 3 is 2.56 bits per heavy atom. The van der Waals surface area contributed by atoms with E-state index in [1.54, 1.807) is 26.0 Å². The lowest BCUT2D eigenvalue weighted by atomic mass is 10.0. The van der Waals surface area contributed by atoms with Crippen molar-refractivity contribution < 1.29 is 14.3 Å². The van der Waals surface area contributed by atoms with Crippen LogP contribution in [-0.4, -0.2) is 27.9 Å². The molecule has 0 bridgehead atoms. The highest BCUT2D eigenvalue weighted by Crippen LogP contribution is 2.08. The topological polar surface area (TPSA) is 58.7 Å². The molecule has 18 heavy (non-hydrogen) atoms. The maximum absolute atomic E-state index is 12.8. The number of allylic oxidation sites excluding steroid dienone is 2. The van der Waals surface area contributed by atoms with Gasteiger partial charge in [0, 0.05) is 12.5 Å². The molecule has 0 amide bonds. The third-order valence-electron chi connectivity index (χ3n) is 2.45. The molecule has 96 valence electrons. The molecule has 0 aliphatic heterocycles. The van der Waals surface area contributed by atoms with Gasteiger partial charge in [0.2, 0.25) is 6.04 Å². The summed E-state index contributed by atoms with van der Waals surface area (Å²) < 4.78 is 13.5. The van der Waals surface area contributed by atoms with Gasteiger partial charge in [0.1, 0.15) is 5.82 Å². The van der Waals surface area contributed by atoms with Gasteiger partial charge in [-0.1, -0.05) is 11.2 Å². The lowest BCUT2D eigenvalue weighted by Crippen LogP contribution is -2.29. The zero-order valence-corrected chi connectivity index (χ0v) is 10.2. The third kappa shape index (κ3) is 3.41. The van der Waals surface area contributed by atoms with E-state index in [0.717, 1.165) is 0 Å². The molecule has 0 radical (unpaired) electrons. The zero-order chi connectivity index (χ0) is 13.5. The van der Waals surface area contributed by atoms with Gasteiger partial charge in [-0.05, 0) is 37.3 Å². The Bertz CT molecular complexity index is 478. The molecule has 1 aromatic rings. The molecule has 1 rings (SSSR count). The normalized spacial score (nSPS) is 15.1. The first-order chi connectivity index (χ1) is 8.60. The van der Waals surface area contributed by atoms with Crippen LogP contribution in [0.1, 0.15) is 19.4 Å². The Morgan fingerprint density at radius 1 is 1.44 bits per heavy atom. The van der Waals surface area contributed by atoms with Crippen molar-refractivity contribution in [3.05, 3.63) is 53.0 Å². The minimum absolute atomic E-state index is 0.186. The van der Waals surface area contributed by atoms with Crippen LogP contribution in [0.25, 0.3) is 0 Å². The summed E-state index contributed by atoms with van der Waals surface area (Å²) in [4.78, 5) is 0. The van der Waals surface area contributed by atoms with Gasteiger partial charge in [0.25, 0.3) is 0 Å². The van der Waals surface area contributed by atoms with Crippen LogP contribution in [0, 0.1) is 11.0 Å². The number of nitrogens with zero attached hydrogens (tertiary/aromatic N) is 2. The van der Waals surface area contributed by atoms with Crippen LogP contribution < -0.4 is 0 Å². The largest absolute Gasteiger partial charge is 0.623 e.